The number of ether oxygens (including phenoxy) is 2. The lowest BCUT2D eigenvalue weighted by Crippen LogP contribution is -2.35. The first-order chi connectivity index (χ1) is 12.0. The monoisotopic (exact) mass is 343 g/mol. The molecule has 0 bridgehead atoms. The van der Waals surface area contributed by atoms with Crippen LogP contribution in [0.5, 0.6) is 5.75 Å². The van der Waals surface area contributed by atoms with Gasteiger partial charge in [-0.1, -0.05) is 36.4 Å². The molecule has 3 rings (SSSR count). The number of aliphatic hydroxyl groups excluding tert-OH is 2. The summed E-state index contributed by atoms with van der Waals surface area (Å²) in [6.45, 7) is 4.52. The van der Waals surface area contributed by atoms with Gasteiger partial charge >= 0.3 is 0 Å². The van der Waals surface area contributed by atoms with Crippen molar-refractivity contribution in [2.45, 2.75) is 38.4 Å². The molecule has 0 saturated heterocycles. The highest BCUT2D eigenvalue weighted by atomic mass is 16.7. The number of aliphatic hydroxyl groups is 2. The summed E-state index contributed by atoms with van der Waals surface area (Å²) in [4.78, 5) is 0. The van der Waals surface area contributed by atoms with E-state index in [1.807, 2.05) is 62.4 Å². The summed E-state index contributed by atoms with van der Waals surface area (Å²) in [5.41, 5.74) is 2.72. The average Bonchev–Trinajstić information content (AvgIpc) is 2.62. The van der Waals surface area contributed by atoms with E-state index in [9.17, 15) is 10.2 Å². The van der Waals surface area contributed by atoms with E-state index in [1.54, 1.807) is 0 Å². The SMILES string of the molecule is CC1(C)OCc2cc([C@@H](O)CN[C@@H](CO)c3ccccc3)ccc2O1. The number of benzene rings is 2. The second-order valence-corrected chi connectivity index (χ2v) is 6.73. The molecule has 134 valence electrons. The Morgan fingerprint density at radius 1 is 1.12 bits per heavy atom. The third-order valence-electron chi connectivity index (χ3n) is 4.34. The molecule has 0 radical (unpaired) electrons. The maximum Gasteiger partial charge on any atom is 0.205 e. The molecule has 0 aliphatic carbocycles. The Hall–Kier alpha value is -1.92. The van der Waals surface area contributed by atoms with Crippen LogP contribution in [0.4, 0.5) is 0 Å². The standard InChI is InChI=1S/C20H25NO4/c1-20(2)24-13-16-10-15(8-9-19(16)25-20)18(23)11-21-17(12-22)14-6-4-3-5-7-14/h3-10,17-18,21-23H,11-13H2,1-2H3/t17-,18-/m0/s1. The molecule has 1 heterocycles. The zero-order chi connectivity index (χ0) is 17.9. The van der Waals surface area contributed by atoms with Crippen LogP contribution >= 0.6 is 0 Å². The summed E-state index contributed by atoms with van der Waals surface area (Å²) in [6.07, 6.45) is -0.682. The van der Waals surface area contributed by atoms with Gasteiger partial charge in [0.05, 0.1) is 25.4 Å². The van der Waals surface area contributed by atoms with Gasteiger partial charge in [-0.25, -0.2) is 0 Å². The molecule has 2 aromatic rings. The minimum Gasteiger partial charge on any atom is -0.463 e. The normalized spacial score (nSPS) is 18.1. The lowest BCUT2D eigenvalue weighted by molar-refractivity contribution is -0.180. The van der Waals surface area contributed by atoms with Crippen LogP contribution in [0.2, 0.25) is 0 Å². The van der Waals surface area contributed by atoms with E-state index in [0.29, 0.717) is 13.2 Å². The van der Waals surface area contributed by atoms with E-state index < -0.39 is 11.9 Å². The quantitative estimate of drug-likeness (QED) is 0.752. The molecule has 0 saturated carbocycles. The Balaban J connectivity index is 1.64. The summed E-state index contributed by atoms with van der Waals surface area (Å²) in [5.74, 6) is 0.163. The number of nitrogens with one attached hydrogen (secondary N) is 1. The van der Waals surface area contributed by atoms with E-state index in [2.05, 4.69) is 5.32 Å². The molecule has 5 nitrogen and oxygen atoms in total. The van der Waals surface area contributed by atoms with Crippen LogP contribution in [0.1, 0.15) is 42.7 Å². The van der Waals surface area contributed by atoms with Crippen LogP contribution in [-0.4, -0.2) is 29.2 Å². The van der Waals surface area contributed by atoms with Crippen molar-refractivity contribution in [3.8, 4) is 5.75 Å². The lowest BCUT2D eigenvalue weighted by Gasteiger charge is -2.33. The molecule has 0 unspecified atom stereocenters. The van der Waals surface area contributed by atoms with Gasteiger partial charge in [-0.2, -0.15) is 0 Å². The molecule has 0 aromatic heterocycles. The van der Waals surface area contributed by atoms with Crippen molar-refractivity contribution in [2.24, 2.45) is 0 Å². The number of hydrogen-bond donors (Lipinski definition) is 3. The Bertz CT molecular complexity index is 702. The second-order valence-electron chi connectivity index (χ2n) is 6.73. The van der Waals surface area contributed by atoms with Crippen LogP contribution < -0.4 is 10.1 Å². The van der Waals surface area contributed by atoms with Gasteiger partial charge in [0.15, 0.2) is 0 Å². The molecular formula is C20H25NO4. The third kappa shape index (κ3) is 4.38. The highest BCUT2D eigenvalue weighted by molar-refractivity contribution is 5.39. The molecule has 3 N–H and O–H groups in total. The summed E-state index contributed by atoms with van der Waals surface area (Å²) in [7, 11) is 0. The van der Waals surface area contributed by atoms with E-state index in [4.69, 9.17) is 9.47 Å². The van der Waals surface area contributed by atoms with Crippen LogP contribution in [0.3, 0.4) is 0 Å². The number of fused-ring (bicyclic) bond motifs is 1. The summed E-state index contributed by atoms with van der Waals surface area (Å²) in [5, 5.41) is 23.3. The molecule has 2 aromatic carbocycles. The molecule has 0 fully saturated rings. The van der Waals surface area contributed by atoms with E-state index in [0.717, 1.165) is 22.4 Å². The topological polar surface area (TPSA) is 71.0 Å². The summed E-state index contributed by atoms with van der Waals surface area (Å²) in [6, 6.07) is 15.1. The fourth-order valence-electron chi connectivity index (χ4n) is 2.91. The van der Waals surface area contributed by atoms with Crippen molar-refractivity contribution >= 4 is 0 Å². The van der Waals surface area contributed by atoms with E-state index in [1.165, 1.54) is 0 Å². The van der Waals surface area contributed by atoms with Crippen LogP contribution in [0, 0.1) is 0 Å². The van der Waals surface area contributed by atoms with E-state index in [-0.39, 0.29) is 12.6 Å². The van der Waals surface area contributed by atoms with Gasteiger partial charge in [0, 0.05) is 26.0 Å². The Morgan fingerprint density at radius 2 is 1.88 bits per heavy atom. The maximum absolute atomic E-state index is 10.5. The van der Waals surface area contributed by atoms with Crippen molar-refractivity contribution in [2.75, 3.05) is 13.2 Å². The van der Waals surface area contributed by atoms with Crippen molar-refractivity contribution < 1.29 is 19.7 Å². The summed E-state index contributed by atoms with van der Waals surface area (Å²) < 4.78 is 11.4. The van der Waals surface area contributed by atoms with Crippen molar-refractivity contribution in [1.29, 1.82) is 0 Å². The van der Waals surface area contributed by atoms with Gasteiger partial charge in [0.2, 0.25) is 5.79 Å². The molecule has 5 heteroatoms. The first-order valence-corrected chi connectivity index (χ1v) is 8.51. The fraction of sp³-hybridized carbons (Fsp3) is 0.400. The molecule has 1 aliphatic rings. The van der Waals surface area contributed by atoms with Gasteiger partial charge < -0.3 is 25.0 Å². The predicted molar refractivity (Wildman–Crippen MR) is 95.2 cm³/mol. The Labute approximate surface area is 148 Å². The molecule has 2 atom stereocenters. The first kappa shape index (κ1) is 17.9. The molecule has 25 heavy (non-hydrogen) atoms. The Morgan fingerprint density at radius 3 is 2.60 bits per heavy atom. The van der Waals surface area contributed by atoms with Crippen LogP contribution in [0.25, 0.3) is 0 Å². The van der Waals surface area contributed by atoms with Gasteiger partial charge in [-0.05, 0) is 23.3 Å². The van der Waals surface area contributed by atoms with Gasteiger partial charge in [-0.15, -0.1) is 0 Å². The van der Waals surface area contributed by atoms with E-state index >= 15 is 0 Å². The van der Waals surface area contributed by atoms with Crippen molar-refractivity contribution in [3.05, 3.63) is 65.2 Å². The highest BCUT2D eigenvalue weighted by Gasteiger charge is 2.27. The molecule has 0 spiro atoms. The largest absolute Gasteiger partial charge is 0.463 e. The third-order valence-corrected chi connectivity index (χ3v) is 4.34. The Kier molecular flexibility index (Phi) is 5.39. The highest BCUT2D eigenvalue weighted by Crippen LogP contribution is 2.32. The molecule has 1 aliphatic heterocycles. The lowest BCUT2D eigenvalue weighted by atomic mass is 10.0. The zero-order valence-corrected chi connectivity index (χ0v) is 14.6. The molecular weight excluding hydrogens is 318 g/mol. The zero-order valence-electron chi connectivity index (χ0n) is 14.6. The second kappa shape index (κ2) is 7.54. The first-order valence-electron chi connectivity index (χ1n) is 8.51. The van der Waals surface area contributed by atoms with Gasteiger partial charge in [-0.3, -0.25) is 0 Å². The smallest absolute Gasteiger partial charge is 0.205 e. The van der Waals surface area contributed by atoms with Crippen molar-refractivity contribution in [1.82, 2.24) is 5.32 Å². The number of rotatable bonds is 6. The summed E-state index contributed by atoms with van der Waals surface area (Å²) >= 11 is 0. The van der Waals surface area contributed by atoms with Crippen LogP contribution in [-0.2, 0) is 11.3 Å². The average molecular weight is 343 g/mol. The van der Waals surface area contributed by atoms with Gasteiger partial charge in [0.1, 0.15) is 5.75 Å². The van der Waals surface area contributed by atoms with Crippen LogP contribution in [0.15, 0.2) is 48.5 Å². The maximum atomic E-state index is 10.5. The minimum atomic E-state index is -0.682. The predicted octanol–water partition coefficient (Wildman–Crippen LogP) is 2.69. The number of hydrogen-bond acceptors (Lipinski definition) is 5. The fourth-order valence-corrected chi connectivity index (χ4v) is 2.91. The molecule has 0 amide bonds. The van der Waals surface area contributed by atoms with Crippen molar-refractivity contribution in [3.63, 3.8) is 0 Å². The van der Waals surface area contributed by atoms with Gasteiger partial charge in [0.25, 0.3) is 0 Å². The minimum absolute atomic E-state index is 0.0301.